The maximum Gasteiger partial charge on any atom is 0.350 e. The fourth-order valence-corrected chi connectivity index (χ4v) is 4.33. The Morgan fingerprint density at radius 1 is 1.28 bits per heavy atom. The van der Waals surface area contributed by atoms with Crippen molar-refractivity contribution in [3.8, 4) is 0 Å². The van der Waals surface area contributed by atoms with Crippen LogP contribution in [-0.4, -0.2) is 33.0 Å². The molecule has 0 atom stereocenters. The van der Waals surface area contributed by atoms with E-state index < -0.39 is 29.7 Å². The molecule has 0 saturated carbocycles. The third-order valence-electron chi connectivity index (χ3n) is 3.87. The van der Waals surface area contributed by atoms with E-state index in [1.807, 2.05) is 20.8 Å². The van der Waals surface area contributed by atoms with Gasteiger partial charge in [-0.25, -0.2) is 14.6 Å². The first-order valence-corrected chi connectivity index (χ1v) is 10.5. The summed E-state index contributed by atoms with van der Waals surface area (Å²) in [6.45, 7) is 7.14. The molecule has 0 aliphatic heterocycles. The summed E-state index contributed by atoms with van der Waals surface area (Å²) in [4.78, 5) is 57.6. The molecule has 3 aromatic rings. The molecule has 3 rings (SSSR count). The molecule has 154 valence electrons. The summed E-state index contributed by atoms with van der Waals surface area (Å²) < 4.78 is 6.02. The number of aryl methyl sites for hydroxylation is 2. The Balaban J connectivity index is 1.76. The van der Waals surface area contributed by atoms with Crippen LogP contribution in [0.4, 0.5) is 5.13 Å². The highest BCUT2D eigenvalue weighted by atomic mass is 32.1. The monoisotopic (exact) mass is 436 g/mol. The number of thiophene rings is 1. The Hall–Kier alpha value is -2.79. The standard InChI is InChI=1S/C18H20N4O5S2/c1-8(2)7-27-16(25)13-10(4)19-17(29-13)20-12(23)6-22-15(24)11-5-9(3)28-14(11)21-18(22)26/h5,8H,6-7H2,1-4H3,(H,21,26)(H,19,20,23). The van der Waals surface area contributed by atoms with Crippen molar-refractivity contribution in [2.75, 3.05) is 11.9 Å². The van der Waals surface area contributed by atoms with E-state index in [-0.39, 0.29) is 17.7 Å². The molecule has 9 nitrogen and oxygen atoms in total. The van der Waals surface area contributed by atoms with Crippen molar-refractivity contribution >= 4 is 49.9 Å². The molecule has 0 fully saturated rings. The second-order valence-electron chi connectivity index (χ2n) is 6.90. The van der Waals surface area contributed by atoms with Gasteiger partial charge < -0.3 is 10.1 Å². The van der Waals surface area contributed by atoms with Crippen molar-refractivity contribution in [2.45, 2.75) is 34.2 Å². The highest BCUT2D eigenvalue weighted by Gasteiger charge is 2.19. The van der Waals surface area contributed by atoms with Gasteiger partial charge in [0.1, 0.15) is 16.3 Å². The van der Waals surface area contributed by atoms with E-state index in [1.165, 1.54) is 11.3 Å². The molecule has 0 bridgehead atoms. The van der Waals surface area contributed by atoms with Gasteiger partial charge in [0.05, 0.1) is 17.7 Å². The molecule has 3 aromatic heterocycles. The lowest BCUT2D eigenvalue weighted by atomic mass is 10.2. The Labute approximate surface area is 173 Å². The summed E-state index contributed by atoms with van der Waals surface area (Å²) in [5, 5.41) is 3.09. The molecule has 2 N–H and O–H groups in total. The third kappa shape index (κ3) is 4.62. The van der Waals surface area contributed by atoms with Crippen LogP contribution in [0.1, 0.15) is 34.1 Å². The van der Waals surface area contributed by atoms with Crippen LogP contribution in [0.15, 0.2) is 15.7 Å². The maximum atomic E-state index is 12.5. The average molecular weight is 437 g/mol. The predicted molar refractivity (Wildman–Crippen MR) is 112 cm³/mol. The van der Waals surface area contributed by atoms with Gasteiger partial charge in [-0.05, 0) is 25.8 Å². The maximum absolute atomic E-state index is 12.5. The van der Waals surface area contributed by atoms with Crippen molar-refractivity contribution in [1.29, 1.82) is 0 Å². The number of thiazole rings is 1. The topological polar surface area (TPSA) is 123 Å². The molecular formula is C18H20N4O5S2. The first-order chi connectivity index (χ1) is 13.7. The number of aromatic amines is 1. The van der Waals surface area contributed by atoms with E-state index in [0.717, 1.165) is 20.8 Å². The molecule has 0 aliphatic rings. The summed E-state index contributed by atoms with van der Waals surface area (Å²) in [6, 6.07) is 1.67. The molecule has 1 amide bonds. The second kappa shape index (κ2) is 8.29. The molecule has 29 heavy (non-hydrogen) atoms. The molecule has 0 saturated heterocycles. The van der Waals surface area contributed by atoms with E-state index in [4.69, 9.17) is 4.74 Å². The lowest BCUT2D eigenvalue weighted by Crippen LogP contribution is -2.38. The van der Waals surface area contributed by atoms with Crippen molar-refractivity contribution in [1.82, 2.24) is 14.5 Å². The van der Waals surface area contributed by atoms with Crippen LogP contribution in [-0.2, 0) is 16.1 Å². The minimum atomic E-state index is -0.659. The zero-order valence-electron chi connectivity index (χ0n) is 16.3. The molecule has 0 aromatic carbocycles. The van der Waals surface area contributed by atoms with Gasteiger partial charge in [-0.3, -0.25) is 19.1 Å². The van der Waals surface area contributed by atoms with E-state index in [9.17, 15) is 19.2 Å². The SMILES string of the molecule is Cc1cc2c(=O)n(CC(=O)Nc3nc(C)c(C(=O)OCC(C)C)s3)c(=O)[nH]c2s1. The molecule has 0 spiro atoms. The summed E-state index contributed by atoms with van der Waals surface area (Å²) in [7, 11) is 0. The first-order valence-electron chi connectivity index (χ1n) is 8.83. The van der Waals surface area contributed by atoms with E-state index in [0.29, 0.717) is 20.8 Å². The smallest absolute Gasteiger partial charge is 0.350 e. The van der Waals surface area contributed by atoms with Crippen molar-refractivity contribution in [2.24, 2.45) is 5.92 Å². The molecular weight excluding hydrogens is 416 g/mol. The minimum absolute atomic E-state index is 0.195. The second-order valence-corrected chi connectivity index (χ2v) is 9.15. The van der Waals surface area contributed by atoms with Crippen molar-refractivity contribution in [3.63, 3.8) is 0 Å². The highest BCUT2D eigenvalue weighted by molar-refractivity contribution is 7.18. The number of rotatable bonds is 6. The highest BCUT2D eigenvalue weighted by Crippen LogP contribution is 2.23. The number of esters is 1. The van der Waals surface area contributed by atoms with Crippen molar-refractivity contribution < 1.29 is 14.3 Å². The first kappa shape index (κ1) is 20.9. The van der Waals surface area contributed by atoms with E-state index in [2.05, 4.69) is 15.3 Å². The van der Waals surface area contributed by atoms with Crippen LogP contribution in [0, 0.1) is 19.8 Å². The van der Waals surface area contributed by atoms with E-state index >= 15 is 0 Å². The van der Waals surface area contributed by atoms with Gasteiger partial charge in [0.25, 0.3) is 5.56 Å². The molecule has 3 heterocycles. The Bertz CT molecular complexity index is 1200. The number of ether oxygens (including phenoxy) is 1. The van der Waals surface area contributed by atoms with Gasteiger partial charge >= 0.3 is 11.7 Å². The Morgan fingerprint density at radius 2 is 2.00 bits per heavy atom. The fourth-order valence-electron chi connectivity index (χ4n) is 2.56. The average Bonchev–Trinajstić information content (AvgIpc) is 3.18. The van der Waals surface area contributed by atoms with Gasteiger partial charge in [-0.2, -0.15) is 0 Å². The number of hydrogen-bond acceptors (Lipinski definition) is 8. The molecule has 0 unspecified atom stereocenters. The number of anilines is 1. The number of nitrogens with one attached hydrogen (secondary N) is 2. The summed E-state index contributed by atoms with van der Waals surface area (Å²) in [6.07, 6.45) is 0. The molecule has 0 aliphatic carbocycles. The van der Waals surface area contributed by atoms with Crippen LogP contribution < -0.4 is 16.6 Å². The summed E-state index contributed by atoms with van der Waals surface area (Å²) in [5.41, 5.74) is -0.756. The summed E-state index contributed by atoms with van der Waals surface area (Å²) in [5.74, 6) is -0.896. The van der Waals surface area contributed by atoms with Gasteiger partial charge in [-0.15, -0.1) is 11.3 Å². The predicted octanol–water partition coefficient (Wildman–Crippen LogP) is 2.28. The number of amides is 1. The van der Waals surface area contributed by atoms with Crippen LogP contribution >= 0.6 is 22.7 Å². The number of aromatic nitrogens is 3. The van der Waals surface area contributed by atoms with Crippen LogP contribution in [0.2, 0.25) is 0 Å². The fraction of sp³-hybridized carbons (Fsp3) is 0.389. The van der Waals surface area contributed by atoms with Crippen LogP contribution in [0.5, 0.6) is 0 Å². The summed E-state index contributed by atoms with van der Waals surface area (Å²) >= 11 is 2.28. The van der Waals surface area contributed by atoms with Gasteiger partial charge in [0, 0.05) is 4.88 Å². The normalized spacial score (nSPS) is 11.2. The quantitative estimate of drug-likeness (QED) is 0.572. The van der Waals surface area contributed by atoms with Gasteiger partial charge in [0.15, 0.2) is 5.13 Å². The Kier molecular flexibility index (Phi) is 5.99. The third-order valence-corrected chi connectivity index (χ3v) is 5.89. The number of nitrogens with zero attached hydrogens (tertiary/aromatic N) is 2. The van der Waals surface area contributed by atoms with Crippen molar-refractivity contribution in [3.05, 3.63) is 42.4 Å². The number of H-pyrrole nitrogens is 1. The zero-order chi connectivity index (χ0) is 21.3. The Morgan fingerprint density at radius 3 is 2.69 bits per heavy atom. The minimum Gasteiger partial charge on any atom is -0.461 e. The van der Waals surface area contributed by atoms with Crippen LogP contribution in [0.25, 0.3) is 10.2 Å². The largest absolute Gasteiger partial charge is 0.461 e. The number of carbonyl (C=O) groups excluding carboxylic acids is 2. The number of carbonyl (C=O) groups is 2. The van der Waals surface area contributed by atoms with E-state index in [1.54, 1.807) is 13.0 Å². The molecule has 0 radical (unpaired) electrons. The number of hydrogen-bond donors (Lipinski definition) is 2. The van der Waals surface area contributed by atoms with Gasteiger partial charge in [0.2, 0.25) is 5.91 Å². The molecule has 11 heteroatoms. The van der Waals surface area contributed by atoms with Gasteiger partial charge in [-0.1, -0.05) is 25.2 Å². The lowest BCUT2D eigenvalue weighted by Gasteiger charge is -2.05. The lowest BCUT2D eigenvalue weighted by molar-refractivity contribution is -0.116. The zero-order valence-corrected chi connectivity index (χ0v) is 18.0. The van der Waals surface area contributed by atoms with Crippen LogP contribution in [0.3, 0.4) is 0 Å². The number of fused-ring (bicyclic) bond motifs is 1.